The maximum atomic E-state index is 13.1. The van der Waals surface area contributed by atoms with Gasteiger partial charge in [0, 0.05) is 32.2 Å². The lowest BCUT2D eigenvalue weighted by molar-refractivity contribution is -0.136. The van der Waals surface area contributed by atoms with Gasteiger partial charge in [0.15, 0.2) is 0 Å². The molecule has 1 aromatic carbocycles. The van der Waals surface area contributed by atoms with Gasteiger partial charge < -0.3 is 15.1 Å². The third kappa shape index (κ3) is 3.76. The molecule has 0 amide bonds. The Hall–Kier alpha value is -2.35. The van der Waals surface area contributed by atoms with E-state index in [1.807, 2.05) is 0 Å². The SMILES string of the molecule is CN1CCN(c2cc(Nc3ccccc3C(F)(F)F)ncn2)CC1. The molecule has 2 aromatic rings. The van der Waals surface area contributed by atoms with Crippen molar-refractivity contribution in [1.29, 1.82) is 0 Å². The number of benzene rings is 1. The second-order valence-electron chi connectivity index (χ2n) is 5.72. The van der Waals surface area contributed by atoms with Crippen LogP contribution >= 0.6 is 0 Å². The average molecular weight is 337 g/mol. The number of piperazine rings is 1. The molecule has 0 saturated carbocycles. The largest absolute Gasteiger partial charge is 0.418 e. The Morgan fingerprint density at radius 2 is 1.75 bits per heavy atom. The number of alkyl halides is 3. The van der Waals surface area contributed by atoms with E-state index < -0.39 is 11.7 Å². The van der Waals surface area contributed by atoms with Crippen molar-refractivity contribution < 1.29 is 13.2 Å². The number of hydrogen-bond acceptors (Lipinski definition) is 5. The minimum atomic E-state index is -4.42. The summed E-state index contributed by atoms with van der Waals surface area (Å²) < 4.78 is 39.2. The van der Waals surface area contributed by atoms with Crippen molar-refractivity contribution in [1.82, 2.24) is 14.9 Å². The molecule has 2 heterocycles. The number of nitrogens with one attached hydrogen (secondary N) is 1. The van der Waals surface area contributed by atoms with Crippen LogP contribution in [0.15, 0.2) is 36.7 Å². The van der Waals surface area contributed by atoms with Crippen molar-refractivity contribution in [3.8, 4) is 0 Å². The van der Waals surface area contributed by atoms with Gasteiger partial charge in [-0.05, 0) is 19.2 Å². The number of likely N-dealkylation sites (N-methyl/N-ethyl adjacent to an activating group) is 1. The van der Waals surface area contributed by atoms with Crippen LogP contribution in [0.1, 0.15) is 5.56 Å². The summed E-state index contributed by atoms with van der Waals surface area (Å²) in [6.45, 7) is 3.49. The fourth-order valence-electron chi connectivity index (χ4n) is 2.60. The van der Waals surface area contributed by atoms with E-state index in [1.165, 1.54) is 18.5 Å². The first kappa shape index (κ1) is 16.5. The molecular formula is C16H18F3N5. The molecule has 1 fully saturated rings. The van der Waals surface area contributed by atoms with Crippen molar-refractivity contribution in [2.45, 2.75) is 6.18 Å². The number of nitrogens with zero attached hydrogens (tertiary/aromatic N) is 4. The quantitative estimate of drug-likeness (QED) is 0.933. The summed E-state index contributed by atoms with van der Waals surface area (Å²) in [7, 11) is 2.05. The normalized spacial score (nSPS) is 16.2. The van der Waals surface area contributed by atoms with E-state index in [9.17, 15) is 13.2 Å². The van der Waals surface area contributed by atoms with Gasteiger partial charge in [-0.3, -0.25) is 0 Å². The second-order valence-corrected chi connectivity index (χ2v) is 5.72. The fraction of sp³-hybridized carbons (Fsp3) is 0.375. The highest BCUT2D eigenvalue weighted by atomic mass is 19.4. The van der Waals surface area contributed by atoms with Crippen LogP contribution in [0.3, 0.4) is 0 Å². The summed E-state index contributed by atoms with van der Waals surface area (Å²) in [5, 5.41) is 2.76. The predicted molar refractivity (Wildman–Crippen MR) is 86.5 cm³/mol. The van der Waals surface area contributed by atoms with Gasteiger partial charge in [-0.1, -0.05) is 12.1 Å². The first-order valence-electron chi connectivity index (χ1n) is 7.62. The highest BCUT2D eigenvalue weighted by molar-refractivity contribution is 5.63. The van der Waals surface area contributed by atoms with E-state index in [1.54, 1.807) is 12.1 Å². The van der Waals surface area contributed by atoms with Gasteiger partial charge >= 0.3 is 6.18 Å². The van der Waals surface area contributed by atoms with Crippen LogP contribution in [0.4, 0.5) is 30.5 Å². The molecule has 5 nitrogen and oxygen atoms in total. The molecule has 0 atom stereocenters. The zero-order valence-electron chi connectivity index (χ0n) is 13.2. The van der Waals surface area contributed by atoms with Crippen LogP contribution < -0.4 is 10.2 Å². The molecule has 0 aliphatic carbocycles. The summed E-state index contributed by atoms with van der Waals surface area (Å²) in [6.07, 6.45) is -3.05. The third-order valence-electron chi connectivity index (χ3n) is 3.98. The van der Waals surface area contributed by atoms with E-state index in [0.29, 0.717) is 11.6 Å². The Labute approximate surface area is 138 Å². The first-order valence-corrected chi connectivity index (χ1v) is 7.62. The van der Waals surface area contributed by atoms with Gasteiger partial charge in [-0.2, -0.15) is 13.2 Å². The topological polar surface area (TPSA) is 44.3 Å². The molecule has 8 heteroatoms. The van der Waals surface area contributed by atoms with Gasteiger partial charge in [0.2, 0.25) is 0 Å². The third-order valence-corrected chi connectivity index (χ3v) is 3.98. The summed E-state index contributed by atoms with van der Waals surface area (Å²) in [5.74, 6) is 1.06. The summed E-state index contributed by atoms with van der Waals surface area (Å²) in [5.41, 5.74) is -0.738. The van der Waals surface area contributed by atoms with Crippen LogP contribution in [0, 0.1) is 0 Å². The number of halogens is 3. The fourth-order valence-corrected chi connectivity index (χ4v) is 2.60. The Balaban J connectivity index is 1.81. The second kappa shape index (κ2) is 6.64. The lowest BCUT2D eigenvalue weighted by atomic mass is 10.1. The Morgan fingerprint density at radius 3 is 2.46 bits per heavy atom. The minimum absolute atomic E-state index is 0.0203. The van der Waals surface area contributed by atoms with Crippen LogP contribution in [-0.2, 0) is 6.18 Å². The molecular weight excluding hydrogens is 319 g/mol. The van der Waals surface area contributed by atoms with E-state index in [2.05, 4.69) is 32.1 Å². The molecule has 128 valence electrons. The summed E-state index contributed by atoms with van der Waals surface area (Å²) in [6, 6.07) is 7.04. The van der Waals surface area contributed by atoms with E-state index in [4.69, 9.17) is 0 Å². The lowest BCUT2D eigenvalue weighted by Gasteiger charge is -2.33. The highest BCUT2D eigenvalue weighted by Crippen LogP contribution is 2.35. The first-order chi connectivity index (χ1) is 11.4. The Morgan fingerprint density at radius 1 is 1.04 bits per heavy atom. The maximum Gasteiger partial charge on any atom is 0.418 e. The van der Waals surface area contributed by atoms with E-state index >= 15 is 0 Å². The molecule has 1 aromatic heterocycles. The zero-order valence-corrected chi connectivity index (χ0v) is 13.2. The van der Waals surface area contributed by atoms with Gasteiger partial charge in [0.1, 0.15) is 18.0 Å². The number of para-hydroxylation sites is 1. The molecule has 24 heavy (non-hydrogen) atoms. The van der Waals surface area contributed by atoms with Gasteiger partial charge in [0.25, 0.3) is 0 Å². The summed E-state index contributed by atoms with van der Waals surface area (Å²) >= 11 is 0. The number of rotatable bonds is 3. The van der Waals surface area contributed by atoms with Gasteiger partial charge in [-0.15, -0.1) is 0 Å². The molecule has 0 bridgehead atoms. The zero-order chi connectivity index (χ0) is 17.2. The van der Waals surface area contributed by atoms with E-state index in [-0.39, 0.29) is 5.69 Å². The average Bonchev–Trinajstić information content (AvgIpc) is 2.55. The lowest BCUT2D eigenvalue weighted by Crippen LogP contribution is -2.44. The van der Waals surface area contributed by atoms with Crippen molar-refractivity contribution in [3.63, 3.8) is 0 Å². The maximum absolute atomic E-state index is 13.1. The van der Waals surface area contributed by atoms with Crippen LogP contribution in [0.5, 0.6) is 0 Å². The highest BCUT2D eigenvalue weighted by Gasteiger charge is 2.33. The minimum Gasteiger partial charge on any atom is -0.354 e. The number of aromatic nitrogens is 2. The van der Waals surface area contributed by atoms with Gasteiger partial charge in [-0.25, -0.2) is 9.97 Å². The molecule has 1 saturated heterocycles. The van der Waals surface area contributed by atoms with Crippen LogP contribution in [-0.4, -0.2) is 48.1 Å². The van der Waals surface area contributed by atoms with E-state index in [0.717, 1.165) is 32.2 Å². The molecule has 0 spiro atoms. The number of anilines is 3. The summed E-state index contributed by atoms with van der Waals surface area (Å²) in [4.78, 5) is 12.6. The van der Waals surface area contributed by atoms with Crippen molar-refractivity contribution in [2.75, 3.05) is 43.4 Å². The molecule has 1 aliphatic heterocycles. The predicted octanol–water partition coefficient (Wildman–Crippen LogP) is 2.99. The molecule has 0 radical (unpaired) electrons. The Bertz CT molecular complexity index is 696. The van der Waals surface area contributed by atoms with Crippen molar-refractivity contribution in [2.24, 2.45) is 0 Å². The van der Waals surface area contributed by atoms with Crippen LogP contribution in [0.2, 0.25) is 0 Å². The standard InChI is InChI=1S/C16H18F3N5/c1-23-6-8-24(9-7-23)15-10-14(20-11-21-15)22-13-5-3-2-4-12(13)16(17,18)19/h2-5,10-11H,6-9H2,1H3,(H,20,21,22). The molecule has 1 aliphatic rings. The molecule has 0 unspecified atom stereocenters. The molecule has 3 rings (SSSR count). The van der Waals surface area contributed by atoms with Crippen molar-refractivity contribution in [3.05, 3.63) is 42.2 Å². The van der Waals surface area contributed by atoms with Crippen molar-refractivity contribution >= 4 is 17.3 Å². The van der Waals surface area contributed by atoms with Crippen LogP contribution in [0.25, 0.3) is 0 Å². The molecule has 1 N–H and O–H groups in total. The monoisotopic (exact) mass is 337 g/mol. The number of hydrogen-bond donors (Lipinski definition) is 1. The Kier molecular flexibility index (Phi) is 4.57. The van der Waals surface area contributed by atoms with Gasteiger partial charge in [0.05, 0.1) is 11.3 Å². The smallest absolute Gasteiger partial charge is 0.354 e.